The first-order valence-electron chi connectivity index (χ1n) is 14.8. The third-order valence-electron chi connectivity index (χ3n) is 9.04. The number of allylic oxidation sites excluding steroid dienone is 7. The molecule has 0 unspecified atom stereocenters. The van der Waals surface area contributed by atoms with Gasteiger partial charge in [0.05, 0.1) is 13.5 Å². The minimum atomic E-state index is -0.812. The average molecular weight is 572 g/mol. The van der Waals surface area contributed by atoms with Gasteiger partial charge in [-0.1, -0.05) is 107 Å². The van der Waals surface area contributed by atoms with E-state index in [1.54, 1.807) is 7.11 Å². The van der Waals surface area contributed by atoms with Gasteiger partial charge in [-0.25, -0.2) is 0 Å². The quantitative estimate of drug-likeness (QED) is 0.161. The summed E-state index contributed by atoms with van der Waals surface area (Å²) in [6.45, 7) is 16.0. The molecule has 0 saturated carbocycles. The van der Waals surface area contributed by atoms with E-state index in [0.717, 1.165) is 28.3 Å². The van der Waals surface area contributed by atoms with Crippen molar-refractivity contribution < 1.29 is 14.6 Å². The van der Waals surface area contributed by atoms with E-state index in [0.29, 0.717) is 6.54 Å². The summed E-state index contributed by atoms with van der Waals surface area (Å²) in [6, 6.07) is 23.3. The Morgan fingerprint density at radius 1 is 0.953 bits per heavy atom. The molecular formula is C39H41NO3. The number of carboxylic acids is 1. The smallest absolute Gasteiger partial charge is 0.305 e. The van der Waals surface area contributed by atoms with Crippen LogP contribution in [-0.2, 0) is 15.6 Å². The molecule has 0 spiro atoms. The van der Waals surface area contributed by atoms with Gasteiger partial charge in [0, 0.05) is 28.8 Å². The van der Waals surface area contributed by atoms with Gasteiger partial charge in [0.2, 0.25) is 0 Å². The first-order valence-corrected chi connectivity index (χ1v) is 14.8. The number of rotatable bonds is 9. The maximum Gasteiger partial charge on any atom is 0.305 e. The number of carboxylic acid groups (broad SMARTS) is 1. The summed E-state index contributed by atoms with van der Waals surface area (Å²) in [7, 11) is 1.66. The third-order valence-corrected chi connectivity index (χ3v) is 9.04. The van der Waals surface area contributed by atoms with Crippen LogP contribution in [0.25, 0.3) is 21.5 Å². The highest BCUT2D eigenvalue weighted by Crippen LogP contribution is 2.49. The van der Waals surface area contributed by atoms with E-state index in [9.17, 15) is 9.90 Å². The van der Waals surface area contributed by atoms with E-state index >= 15 is 0 Å². The molecule has 0 aromatic heterocycles. The van der Waals surface area contributed by atoms with Crippen molar-refractivity contribution in [2.24, 2.45) is 0 Å². The van der Waals surface area contributed by atoms with Crippen LogP contribution < -0.4 is 9.64 Å². The predicted octanol–water partition coefficient (Wildman–Crippen LogP) is 9.41. The molecule has 1 N–H and O–H groups in total. The van der Waals surface area contributed by atoms with E-state index in [1.165, 1.54) is 32.7 Å². The lowest BCUT2D eigenvalue weighted by Gasteiger charge is -2.31. The molecule has 4 nitrogen and oxygen atoms in total. The first-order chi connectivity index (χ1) is 20.5. The Bertz CT molecular complexity index is 1820. The summed E-state index contributed by atoms with van der Waals surface area (Å²) in [5, 5.41) is 14.5. The number of nitrogens with zero attached hydrogens (tertiary/aromatic N) is 1. The van der Waals surface area contributed by atoms with Crippen molar-refractivity contribution in [2.75, 3.05) is 18.6 Å². The molecule has 1 aliphatic heterocycles. The lowest BCUT2D eigenvalue weighted by Crippen LogP contribution is -2.28. The Morgan fingerprint density at radius 2 is 1.58 bits per heavy atom. The van der Waals surface area contributed by atoms with E-state index in [1.807, 2.05) is 30.4 Å². The number of ether oxygens (including phenoxy) is 1. The Hall–Kier alpha value is -4.57. The molecule has 0 amide bonds. The maximum absolute atomic E-state index is 11.4. The summed E-state index contributed by atoms with van der Waals surface area (Å²) in [5.74, 6) is -0.0200. The zero-order valence-corrected chi connectivity index (χ0v) is 26.1. The van der Waals surface area contributed by atoms with Gasteiger partial charge in [-0.05, 0) is 75.0 Å². The number of carbonyl (C=O) groups is 1. The molecule has 0 radical (unpaired) electrons. The number of methoxy groups -OCH3 is 1. The van der Waals surface area contributed by atoms with Crippen molar-refractivity contribution in [1.29, 1.82) is 0 Å². The fourth-order valence-corrected chi connectivity index (χ4v) is 6.60. The zero-order valence-electron chi connectivity index (χ0n) is 26.1. The van der Waals surface area contributed by atoms with Crippen LogP contribution in [0.5, 0.6) is 5.75 Å². The third kappa shape index (κ3) is 5.38. The molecular weight excluding hydrogens is 530 g/mol. The van der Waals surface area contributed by atoms with Crippen molar-refractivity contribution in [3.8, 4) is 5.75 Å². The predicted molar refractivity (Wildman–Crippen MR) is 180 cm³/mol. The van der Waals surface area contributed by atoms with Crippen LogP contribution in [-0.4, -0.2) is 24.7 Å². The lowest BCUT2D eigenvalue weighted by molar-refractivity contribution is -0.136. The molecule has 4 aromatic carbocycles. The molecule has 0 fully saturated rings. The first kappa shape index (κ1) is 29.9. The summed E-state index contributed by atoms with van der Waals surface area (Å²) in [4.78, 5) is 13.6. The lowest BCUT2D eigenvalue weighted by atomic mass is 9.73. The Balaban J connectivity index is 1.44. The van der Waals surface area contributed by atoms with Gasteiger partial charge < -0.3 is 14.7 Å². The SMILES string of the molecule is C=C(/C=C/C=C/C=C1\N(CCC(=O)O)c2ccc(OC)cc2C1(C)C)C(C)(C)c1c(C)c2ccccc2c2ccccc12. The molecule has 4 aromatic rings. The van der Waals surface area contributed by atoms with Crippen LogP contribution in [0.15, 0.2) is 115 Å². The Kier molecular flexibility index (Phi) is 8.07. The number of hydrogen-bond acceptors (Lipinski definition) is 3. The molecule has 4 heteroatoms. The van der Waals surface area contributed by atoms with Gasteiger partial charge >= 0.3 is 5.97 Å². The molecule has 1 aliphatic rings. The van der Waals surface area contributed by atoms with Gasteiger partial charge in [-0.15, -0.1) is 0 Å². The van der Waals surface area contributed by atoms with E-state index in [-0.39, 0.29) is 17.3 Å². The van der Waals surface area contributed by atoms with Crippen LogP contribution in [0.4, 0.5) is 5.69 Å². The molecule has 0 atom stereocenters. The van der Waals surface area contributed by atoms with Crippen LogP contribution in [0, 0.1) is 6.92 Å². The van der Waals surface area contributed by atoms with Crippen molar-refractivity contribution in [3.63, 3.8) is 0 Å². The topological polar surface area (TPSA) is 49.8 Å². The minimum Gasteiger partial charge on any atom is -0.497 e. The molecule has 1 heterocycles. The van der Waals surface area contributed by atoms with Crippen LogP contribution in [0.1, 0.15) is 50.8 Å². The normalized spacial score (nSPS) is 15.7. The average Bonchev–Trinajstić information content (AvgIpc) is 3.20. The number of hydrogen-bond donors (Lipinski definition) is 1. The van der Waals surface area contributed by atoms with Gasteiger partial charge in [0.1, 0.15) is 5.75 Å². The monoisotopic (exact) mass is 571 g/mol. The molecule has 0 bridgehead atoms. The summed E-state index contributed by atoms with van der Waals surface area (Å²) >= 11 is 0. The molecule has 43 heavy (non-hydrogen) atoms. The second-order valence-corrected chi connectivity index (χ2v) is 12.3. The van der Waals surface area contributed by atoms with Crippen molar-refractivity contribution in [1.82, 2.24) is 0 Å². The van der Waals surface area contributed by atoms with Crippen molar-refractivity contribution >= 4 is 33.2 Å². The molecule has 0 aliphatic carbocycles. The fourth-order valence-electron chi connectivity index (χ4n) is 6.60. The number of aliphatic carboxylic acids is 1. The molecule has 0 saturated heterocycles. The Morgan fingerprint density at radius 3 is 2.23 bits per heavy atom. The minimum absolute atomic E-state index is 0.0558. The van der Waals surface area contributed by atoms with E-state index < -0.39 is 5.97 Å². The summed E-state index contributed by atoms with van der Waals surface area (Å²) in [6.07, 6.45) is 10.3. The second-order valence-electron chi connectivity index (χ2n) is 12.3. The largest absolute Gasteiger partial charge is 0.497 e. The number of benzene rings is 4. The highest BCUT2D eigenvalue weighted by molar-refractivity contribution is 6.11. The standard InChI is InChI=1S/C39H41NO3/c1-26(38(3,4)37-27(2)29-16-11-12-17-30(29)31-18-13-14-19-32(31)37)15-9-8-10-20-35-39(5,6)33-25-28(43-7)21-22-34(33)40(35)24-23-36(41)42/h8-22,25H,1,23-24H2,2-7H3,(H,41,42)/b10-8+,15-9+,35-20-. The highest BCUT2D eigenvalue weighted by atomic mass is 16.5. The Labute approximate surface area is 255 Å². The van der Waals surface area contributed by atoms with Gasteiger partial charge in [-0.2, -0.15) is 0 Å². The number of aryl methyl sites for hydroxylation is 1. The van der Waals surface area contributed by atoms with Crippen LogP contribution in [0.3, 0.4) is 0 Å². The van der Waals surface area contributed by atoms with E-state index in [4.69, 9.17) is 4.74 Å². The number of fused-ring (bicyclic) bond motifs is 4. The van der Waals surface area contributed by atoms with Gasteiger partial charge in [0.25, 0.3) is 0 Å². The molecule has 220 valence electrons. The highest BCUT2D eigenvalue weighted by Gasteiger charge is 2.40. The van der Waals surface area contributed by atoms with E-state index in [2.05, 4.69) is 113 Å². The van der Waals surface area contributed by atoms with Crippen LogP contribution >= 0.6 is 0 Å². The molecule has 5 rings (SSSR count). The summed E-state index contributed by atoms with van der Waals surface area (Å²) < 4.78 is 5.48. The van der Waals surface area contributed by atoms with Crippen molar-refractivity contribution in [3.05, 3.63) is 132 Å². The summed E-state index contributed by atoms with van der Waals surface area (Å²) in [5.41, 5.74) is 6.22. The van der Waals surface area contributed by atoms with Gasteiger partial charge in [0.15, 0.2) is 0 Å². The maximum atomic E-state index is 11.4. The zero-order chi connectivity index (χ0) is 30.9. The van der Waals surface area contributed by atoms with Gasteiger partial charge in [-0.3, -0.25) is 4.79 Å². The van der Waals surface area contributed by atoms with Crippen molar-refractivity contribution in [2.45, 2.75) is 51.9 Å². The fraction of sp³-hybridized carbons (Fsp3) is 0.256. The van der Waals surface area contributed by atoms with Crippen LogP contribution in [0.2, 0.25) is 0 Å². The number of anilines is 1. The second kappa shape index (κ2) is 11.6.